The third kappa shape index (κ3) is 3.44. The van der Waals surface area contributed by atoms with Crippen molar-refractivity contribution in [3.63, 3.8) is 0 Å². The third-order valence-electron chi connectivity index (χ3n) is 2.62. The van der Waals surface area contributed by atoms with Crippen molar-refractivity contribution in [1.82, 2.24) is 9.88 Å². The van der Waals surface area contributed by atoms with Gasteiger partial charge in [0.2, 0.25) is 0 Å². The van der Waals surface area contributed by atoms with Crippen LogP contribution in [0.2, 0.25) is 0 Å². The van der Waals surface area contributed by atoms with Gasteiger partial charge < -0.3 is 10.0 Å². The molecule has 0 saturated heterocycles. The molecule has 1 rings (SSSR count). The van der Waals surface area contributed by atoms with Crippen LogP contribution < -0.4 is 4.90 Å². The van der Waals surface area contributed by atoms with Gasteiger partial charge in [0.15, 0.2) is 0 Å². The van der Waals surface area contributed by atoms with Crippen molar-refractivity contribution in [3.8, 4) is 0 Å². The summed E-state index contributed by atoms with van der Waals surface area (Å²) < 4.78 is 0. The number of nitrogens with zero attached hydrogens (tertiary/aromatic N) is 3. The highest BCUT2D eigenvalue weighted by molar-refractivity contribution is 5.91. The van der Waals surface area contributed by atoms with Gasteiger partial charge in [-0.25, -0.2) is 4.79 Å². The van der Waals surface area contributed by atoms with Crippen LogP contribution in [0.3, 0.4) is 0 Å². The Morgan fingerprint density at radius 2 is 2.11 bits per heavy atom. The highest BCUT2D eigenvalue weighted by Gasteiger charge is 2.20. The predicted octanol–water partition coefficient (Wildman–Crippen LogP) is 1.29. The number of carboxylic acid groups (broad SMARTS) is 1. The average Bonchev–Trinajstić information content (AvgIpc) is 2.37. The number of carbonyl (C=O) groups is 2. The Hall–Kier alpha value is -2.11. The highest BCUT2D eigenvalue weighted by Crippen LogP contribution is 2.12. The van der Waals surface area contributed by atoms with Crippen LogP contribution >= 0.6 is 0 Å². The Balaban J connectivity index is 2.67. The van der Waals surface area contributed by atoms with Crippen LogP contribution in [-0.2, 0) is 4.79 Å². The molecule has 0 spiro atoms. The second-order valence-corrected chi connectivity index (χ2v) is 4.17. The van der Waals surface area contributed by atoms with E-state index < -0.39 is 11.9 Å². The largest absolute Gasteiger partial charge is 0.481 e. The van der Waals surface area contributed by atoms with Gasteiger partial charge in [-0.2, -0.15) is 0 Å². The molecule has 1 unspecified atom stereocenters. The summed E-state index contributed by atoms with van der Waals surface area (Å²) in [5, 5.41) is 8.81. The fourth-order valence-corrected chi connectivity index (χ4v) is 1.49. The maximum Gasteiger partial charge on any atom is 0.324 e. The zero-order chi connectivity index (χ0) is 13.7. The SMILES string of the molecule is CC(CN(C)C(=O)N(C)c1cccnc1)C(=O)O. The minimum absolute atomic E-state index is 0.165. The molecule has 0 aliphatic rings. The zero-order valence-electron chi connectivity index (χ0n) is 10.7. The maximum absolute atomic E-state index is 12.0. The van der Waals surface area contributed by atoms with Gasteiger partial charge >= 0.3 is 12.0 Å². The van der Waals surface area contributed by atoms with Gasteiger partial charge in [-0.1, -0.05) is 6.92 Å². The van der Waals surface area contributed by atoms with Crippen LogP contribution in [0.1, 0.15) is 6.92 Å². The molecule has 0 aliphatic carbocycles. The molecule has 0 radical (unpaired) electrons. The van der Waals surface area contributed by atoms with Crippen molar-refractivity contribution in [1.29, 1.82) is 0 Å². The van der Waals surface area contributed by atoms with Crippen molar-refractivity contribution < 1.29 is 14.7 Å². The molecule has 98 valence electrons. The van der Waals surface area contributed by atoms with E-state index in [9.17, 15) is 9.59 Å². The number of pyridine rings is 1. The van der Waals surface area contributed by atoms with E-state index in [0.29, 0.717) is 5.69 Å². The first-order chi connectivity index (χ1) is 8.43. The molecule has 0 saturated carbocycles. The molecule has 0 aromatic carbocycles. The van der Waals surface area contributed by atoms with E-state index in [1.165, 1.54) is 9.80 Å². The molecule has 2 amide bonds. The number of hydrogen-bond acceptors (Lipinski definition) is 3. The molecular formula is C12H17N3O3. The van der Waals surface area contributed by atoms with Crippen LogP contribution in [0, 0.1) is 5.92 Å². The summed E-state index contributed by atoms with van der Waals surface area (Å²) in [4.78, 5) is 29.5. The molecule has 6 nitrogen and oxygen atoms in total. The van der Waals surface area contributed by atoms with Gasteiger partial charge in [0.25, 0.3) is 0 Å². The van der Waals surface area contributed by atoms with Crippen LogP contribution in [0.15, 0.2) is 24.5 Å². The number of aliphatic carboxylic acids is 1. The minimum atomic E-state index is -0.918. The van der Waals surface area contributed by atoms with Gasteiger partial charge in [-0.15, -0.1) is 0 Å². The number of anilines is 1. The van der Waals surface area contributed by atoms with Crippen molar-refractivity contribution >= 4 is 17.7 Å². The minimum Gasteiger partial charge on any atom is -0.481 e. The monoisotopic (exact) mass is 251 g/mol. The van der Waals surface area contributed by atoms with E-state index in [1.54, 1.807) is 45.5 Å². The zero-order valence-corrected chi connectivity index (χ0v) is 10.7. The third-order valence-corrected chi connectivity index (χ3v) is 2.62. The lowest BCUT2D eigenvalue weighted by Crippen LogP contribution is -2.42. The number of rotatable bonds is 4. The van der Waals surface area contributed by atoms with E-state index in [4.69, 9.17) is 5.11 Å². The first kappa shape index (κ1) is 14.0. The van der Waals surface area contributed by atoms with Crippen molar-refractivity contribution in [3.05, 3.63) is 24.5 Å². The van der Waals surface area contributed by atoms with Gasteiger partial charge in [-0.3, -0.25) is 14.7 Å². The molecule has 1 aromatic rings. The Bertz CT molecular complexity index is 422. The second kappa shape index (κ2) is 6.00. The average molecular weight is 251 g/mol. The smallest absolute Gasteiger partial charge is 0.324 e. The first-order valence-electron chi connectivity index (χ1n) is 5.55. The number of urea groups is 1. The lowest BCUT2D eigenvalue weighted by Gasteiger charge is -2.25. The number of amides is 2. The van der Waals surface area contributed by atoms with E-state index >= 15 is 0 Å². The van der Waals surface area contributed by atoms with Crippen LogP contribution in [-0.4, -0.2) is 47.6 Å². The van der Waals surface area contributed by atoms with Gasteiger partial charge in [-0.05, 0) is 12.1 Å². The molecule has 0 fully saturated rings. The summed E-state index contributed by atoms with van der Waals surface area (Å²) in [7, 11) is 3.20. The molecule has 6 heteroatoms. The van der Waals surface area contributed by atoms with E-state index in [0.717, 1.165) is 0 Å². The summed E-state index contributed by atoms with van der Waals surface area (Å²) in [6, 6.07) is 3.23. The van der Waals surface area contributed by atoms with Crippen molar-refractivity contribution in [2.45, 2.75) is 6.92 Å². The lowest BCUT2D eigenvalue weighted by atomic mass is 10.2. The molecular weight excluding hydrogens is 234 g/mol. The van der Waals surface area contributed by atoms with Gasteiger partial charge in [0, 0.05) is 26.8 Å². The Kier molecular flexibility index (Phi) is 4.65. The standard InChI is InChI=1S/C12H17N3O3/c1-9(11(16)17)8-14(2)12(18)15(3)10-5-4-6-13-7-10/h4-7,9H,8H2,1-3H3,(H,16,17). The molecule has 0 bridgehead atoms. The van der Waals surface area contributed by atoms with E-state index in [2.05, 4.69) is 4.98 Å². The molecule has 1 N–H and O–H groups in total. The molecule has 0 aliphatic heterocycles. The number of hydrogen-bond donors (Lipinski definition) is 1. The Morgan fingerprint density at radius 3 is 2.61 bits per heavy atom. The highest BCUT2D eigenvalue weighted by atomic mass is 16.4. The van der Waals surface area contributed by atoms with Gasteiger partial charge in [0.1, 0.15) is 0 Å². The fourth-order valence-electron chi connectivity index (χ4n) is 1.49. The summed E-state index contributed by atoms with van der Waals surface area (Å²) in [6.45, 7) is 1.73. The maximum atomic E-state index is 12.0. The topological polar surface area (TPSA) is 73.7 Å². The van der Waals surface area contributed by atoms with E-state index in [-0.39, 0.29) is 12.6 Å². The normalized spacial score (nSPS) is 11.7. The lowest BCUT2D eigenvalue weighted by molar-refractivity contribution is -0.141. The van der Waals surface area contributed by atoms with Crippen LogP contribution in [0.4, 0.5) is 10.5 Å². The van der Waals surface area contributed by atoms with Crippen LogP contribution in [0.5, 0.6) is 0 Å². The molecule has 1 heterocycles. The number of carbonyl (C=O) groups excluding carboxylic acids is 1. The fraction of sp³-hybridized carbons (Fsp3) is 0.417. The molecule has 1 atom stereocenters. The van der Waals surface area contributed by atoms with Crippen molar-refractivity contribution in [2.24, 2.45) is 5.92 Å². The molecule has 1 aromatic heterocycles. The summed E-state index contributed by atoms with van der Waals surface area (Å²) >= 11 is 0. The predicted molar refractivity (Wildman–Crippen MR) is 67.5 cm³/mol. The van der Waals surface area contributed by atoms with E-state index in [1.807, 2.05) is 0 Å². The van der Waals surface area contributed by atoms with Gasteiger partial charge in [0.05, 0.1) is 17.8 Å². The Morgan fingerprint density at radius 1 is 1.44 bits per heavy atom. The number of carboxylic acids is 1. The summed E-state index contributed by atoms with van der Waals surface area (Å²) in [6.07, 6.45) is 3.20. The summed E-state index contributed by atoms with van der Waals surface area (Å²) in [5.74, 6) is -1.51. The Labute approximate surface area is 106 Å². The number of aromatic nitrogens is 1. The quantitative estimate of drug-likeness (QED) is 0.875. The van der Waals surface area contributed by atoms with Crippen molar-refractivity contribution in [2.75, 3.05) is 25.5 Å². The van der Waals surface area contributed by atoms with Crippen LogP contribution in [0.25, 0.3) is 0 Å². The first-order valence-corrected chi connectivity index (χ1v) is 5.55. The molecule has 18 heavy (non-hydrogen) atoms. The summed E-state index contributed by atoms with van der Waals surface area (Å²) in [5.41, 5.74) is 0.664. The second-order valence-electron chi connectivity index (χ2n) is 4.17.